The lowest BCUT2D eigenvalue weighted by atomic mass is 9.90. The molecule has 0 bridgehead atoms. The number of thiazole rings is 1. The maximum Gasteiger partial charge on any atom is 0.133 e. The molecule has 4 heterocycles. The number of halogens is 1. The third-order valence-corrected chi connectivity index (χ3v) is 6.51. The van der Waals surface area contributed by atoms with Crippen molar-refractivity contribution in [2.24, 2.45) is 0 Å². The molecule has 6 nitrogen and oxygen atoms in total. The molecule has 1 saturated heterocycles. The van der Waals surface area contributed by atoms with Crippen molar-refractivity contribution in [3.05, 3.63) is 47.4 Å². The topological polar surface area (TPSA) is 92.5 Å². The van der Waals surface area contributed by atoms with E-state index in [1.54, 1.807) is 11.3 Å². The number of nitrogens with two attached hydrogens (primary N) is 1. The minimum absolute atomic E-state index is 0.473. The van der Waals surface area contributed by atoms with Crippen LogP contribution in [0.4, 0.5) is 5.82 Å². The first kappa shape index (κ1) is 17.6. The van der Waals surface area contributed by atoms with Gasteiger partial charge in [-0.1, -0.05) is 11.6 Å². The van der Waals surface area contributed by atoms with Crippen LogP contribution in [0.1, 0.15) is 24.5 Å². The number of rotatable bonds is 3. The van der Waals surface area contributed by atoms with Gasteiger partial charge in [-0.25, -0.2) is 9.97 Å². The lowest BCUT2D eigenvalue weighted by Crippen LogP contribution is -2.27. The van der Waals surface area contributed by atoms with Crippen LogP contribution in [-0.2, 0) is 0 Å². The highest BCUT2D eigenvalue weighted by Gasteiger charge is 2.22. The fraction of sp³-hybridized carbons (Fsp3) is 0.250. The number of nitrogen functional groups attached to an aromatic ring is 1. The summed E-state index contributed by atoms with van der Waals surface area (Å²) in [6.45, 7) is 2.06. The molecule has 0 saturated carbocycles. The zero-order chi connectivity index (χ0) is 19.1. The van der Waals surface area contributed by atoms with Gasteiger partial charge in [-0.05, 0) is 50.2 Å². The van der Waals surface area contributed by atoms with Crippen LogP contribution in [-0.4, -0.2) is 33.3 Å². The number of piperidine rings is 1. The Hall–Kier alpha value is -2.48. The molecule has 0 radical (unpaired) electrons. The van der Waals surface area contributed by atoms with Crippen LogP contribution >= 0.6 is 22.9 Å². The maximum atomic E-state index is 6.21. The first-order valence-corrected chi connectivity index (χ1v) is 10.4. The van der Waals surface area contributed by atoms with Gasteiger partial charge in [0.25, 0.3) is 0 Å². The number of hydrogen-bond acceptors (Lipinski definition) is 6. The molecule has 0 aliphatic carbocycles. The number of nitrogens with zero attached hydrogens (tertiary/aromatic N) is 3. The molecule has 28 heavy (non-hydrogen) atoms. The van der Waals surface area contributed by atoms with Crippen molar-refractivity contribution < 1.29 is 0 Å². The fourth-order valence-electron chi connectivity index (χ4n) is 3.76. The number of nitrogens with one attached hydrogen (secondary N) is 2. The van der Waals surface area contributed by atoms with Crippen molar-refractivity contribution in [3.63, 3.8) is 0 Å². The SMILES string of the molecule is Nc1ncc(-c2cn[nH]c2C2CCNCC2)cc1-c1nc2ccc(Cl)cc2s1. The summed E-state index contributed by atoms with van der Waals surface area (Å²) in [4.78, 5) is 9.18. The first-order valence-electron chi connectivity index (χ1n) is 9.25. The Labute approximate surface area is 171 Å². The van der Waals surface area contributed by atoms with E-state index < -0.39 is 0 Å². The zero-order valence-corrected chi connectivity index (χ0v) is 16.6. The van der Waals surface area contributed by atoms with Crippen molar-refractivity contribution in [2.75, 3.05) is 18.8 Å². The predicted molar refractivity (Wildman–Crippen MR) is 115 cm³/mol. The average Bonchev–Trinajstić information content (AvgIpc) is 3.36. The van der Waals surface area contributed by atoms with Gasteiger partial charge >= 0.3 is 0 Å². The van der Waals surface area contributed by atoms with E-state index in [0.717, 1.165) is 57.8 Å². The summed E-state index contributed by atoms with van der Waals surface area (Å²) < 4.78 is 1.03. The summed E-state index contributed by atoms with van der Waals surface area (Å²) in [7, 11) is 0. The van der Waals surface area contributed by atoms with Crippen LogP contribution in [0.5, 0.6) is 0 Å². The lowest BCUT2D eigenvalue weighted by molar-refractivity contribution is 0.453. The van der Waals surface area contributed by atoms with E-state index in [-0.39, 0.29) is 0 Å². The summed E-state index contributed by atoms with van der Waals surface area (Å²) in [5.41, 5.74) is 11.2. The monoisotopic (exact) mass is 410 g/mol. The fourth-order valence-corrected chi connectivity index (χ4v) is 5.02. The summed E-state index contributed by atoms with van der Waals surface area (Å²) in [5, 5.41) is 12.5. The van der Waals surface area contributed by atoms with Gasteiger partial charge in [0.05, 0.1) is 22.0 Å². The summed E-state index contributed by atoms with van der Waals surface area (Å²) in [6.07, 6.45) is 5.90. The molecule has 1 aliphatic heterocycles. The molecule has 3 aromatic heterocycles. The molecule has 4 aromatic rings. The maximum absolute atomic E-state index is 6.21. The molecule has 142 valence electrons. The molecule has 4 N–H and O–H groups in total. The van der Waals surface area contributed by atoms with E-state index in [1.165, 1.54) is 5.69 Å². The van der Waals surface area contributed by atoms with Gasteiger partial charge < -0.3 is 11.1 Å². The number of anilines is 1. The van der Waals surface area contributed by atoms with Gasteiger partial charge in [-0.3, -0.25) is 5.10 Å². The second-order valence-corrected chi connectivity index (χ2v) is 8.48. The third-order valence-electron chi connectivity index (χ3n) is 5.23. The molecule has 8 heteroatoms. The van der Waals surface area contributed by atoms with Crippen LogP contribution < -0.4 is 11.1 Å². The summed E-state index contributed by atoms with van der Waals surface area (Å²) in [5.74, 6) is 0.949. The van der Waals surface area contributed by atoms with Gasteiger partial charge in [0.1, 0.15) is 10.8 Å². The average molecular weight is 411 g/mol. The Morgan fingerprint density at radius 2 is 1.96 bits per heavy atom. The predicted octanol–water partition coefficient (Wildman–Crippen LogP) is 4.45. The number of pyridine rings is 1. The molecule has 0 spiro atoms. The second-order valence-electron chi connectivity index (χ2n) is 7.01. The van der Waals surface area contributed by atoms with Crippen LogP contribution in [0.25, 0.3) is 31.9 Å². The number of H-pyrrole nitrogens is 1. The van der Waals surface area contributed by atoms with E-state index in [2.05, 4.69) is 26.6 Å². The van der Waals surface area contributed by atoms with Crippen LogP contribution in [0.3, 0.4) is 0 Å². The van der Waals surface area contributed by atoms with Gasteiger partial charge in [0.15, 0.2) is 0 Å². The molecular formula is C20H19ClN6S. The third kappa shape index (κ3) is 3.15. The van der Waals surface area contributed by atoms with E-state index in [4.69, 9.17) is 22.3 Å². The highest BCUT2D eigenvalue weighted by Crippen LogP contribution is 2.38. The normalized spacial score (nSPS) is 15.3. The highest BCUT2D eigenvalue weighted by molar-refractivity contribution is 7.21. The zero-order valence-electron chi connectivity index (χ0n) is 15.1. The van der Waals surface area contributed by atoms with E-state index in [9.17, 15) is 0 Å². The van der Waals surface area contributed by atoms with E-state index >= 15 is 0 Å². The van der Waals surface area contributed by atoms with E-state index in [0.29, 0.717) is 16.8 Å². The van der Waals surface area contributed by atoms with Gasteiger partial charge in [0.2, 0.25) is 0 Å². The molecule has 0 unspecified atom stereocenters. The van der Waals surface area contributed by atoms with Crippen molar-refractivity contribution in [1.29, 1.82) is 0 Å². The van der Waals surface area contributed by atoms with Crippen molar-refractivity contribution in [1.82, 2.24) is 25.5 Å². The molecule has 0 amide bonds. The van der Waals surface area contributed by atoms with Gasteiger partial charge in [-0.2, -0.15) is 5.10 Å². The van der Waals surface area contributed by atoms with Crippen LogP contribution in [0.15, 0.2) is 36.7 Å². The Kier molecular flexibility index (Phi) is 4.50. The molecular weight excluding hydrogens is 392 g/mol. The Morgan fingerprint density at radius 1 is 1.11 bits per heavy atom. The molecule has 1 aromatic carbocycles. The Bertz CT molecular complexity index is 1140. The largest absolute Gasteiger partial charge is 0.383 e. The first-order chi connectivity index (χ1) is 13.7. The van der Waals surface area contributed by atoms with Gasteiger partial charge in [0, 0.05) is 34.0 Å². The second kappa shape index (κ2) is 7.16. The molecule has 0 atom stereocenters. The summed E-state index contributed by atoms with van der Waals surface area (Å²) >= 11 is 7.69. The number of fused-ring (bicyclic) bond motifs is 1. The Balaban J connectivity index is 1.57. The number of aromatic nitrogens is 4. The van der Waals surface area contributed by atoms with E-state index in [1.807, 2.05) is 30.6 Å². The van der Waals surface area contributed by atoms with Crippen molar-refractivity contribution >= 4 is 39.0 Å². The van der Waals surface area contributed by atoms with Crippen molar-refractivity contribution in [2.45, 2.75) is 18.8 Å². The minimum Gasteiger partial charge on any atom is -0.383 e. The quantitative estimate of drug-likeness (QED) is 0.464. The lowest BCUT2D eigenvalue weighted by Gasteiger charge is -2.22. The number of aromatic amines is 1. The molecule has 5 rings (SSSR count). The van der Waals surface area contributed by atoms with Crippen LogP contribution in [0.2, 0.25) is 5.02 Å². The molecule has 1 aliphatic rings. The number of hydrogen-bond donors (Lipinski definition) is 3. The number of benzene rings is 1. The smallest absolute Gasteiger partial charge is 0.133 e. The molecule has 1 fully saturated rings. The van der Waals surface area contributed by atoms with Crippen LogP contribution in [0, 0.1) is 0 Å². The Morgan fingerprint density at radius 3 is 2.82 bits per heavy atom. The minimum atomic E-state index is 0.473. The standard InChI is InChI=1S/C20H19ClN6S/c21-13-1-2-16-17(8-13)28-20(26-16)14-7-12(9-24-19(14)22)15-10-25-27-18(15)11-3-5-23-6-4-11/h1-2,7-11,23H,3-6H2,(H2,22,24)(H,25,27). The van der Waals surface area contributed by atoms with Gasteiger partial charge in [-0.15, -0.1) is 11.3 Å². The highest BCUT2D eigenvalue weighted by atomic mass is 35.5. The summed E-state index contributed by atoms with van der Waals surface area (Å²) in [6, 6.07) is 7.77. The van der Waals surface area contributed by atoms with Crippen molar-refractivity contribution in [3.8, 4) is 21.7 Å².